The van der Waals surface area contributed by atoms with Crippen LogP contribution < -0.4 is 15.6 Å². The molecule has 1 unspecified atom stereocenters. The second kappa shape index (κ2) is 6.65. The molecule has 0 fully saturated rings. The Balaban J connectivity index is 1.88. The Labute approximate surface area is 155 Å². The minimum absolute atomic E-state index is 0.180. The molecule has 0 saturated heterocycles. The van der Waals surface area contributed by atoms with Gasteiger partial charge in [0, 0.05) is 11.6 Å². The molecule has 2 aromatic carbocycles. The highest BCUT2D eigenvalue weighted by Crippen LogP contribution is 2.36. The highest BCUT2D eigenvalue weighted by Gasteiger charge is 2.25. The lowest BCUT2D eigenvalue weighted by molar-refractivity contribution is 0.415. The molecule has 0 amide bonds. The van der Waals surface area contributed by atoms with Crippen molar-refractivity contribution in [1.82, 2.24) is 9.97 Å². The summed E-state index contributed by atoms with van der Waals surface area (Å²) in [5.74, 6) is 1.24. The topological polar surface area (TPSA) is 69.9 Å². The van der Waals surface area contributed by atoms with E-state index in [2.05, 4.69) is 21.4 Å². The minimum Gasteiger partial charge on any atom is -0.497 e. The molecule has 1 aliphatic heterocycles. The highest BCUT2D eigenvalue weighted by atomic mass is 32.1. The van der Waals surface area contributed by atoms with Crippen LogP contribution in [0.15, 0.2) is 65.5 Å². The number of hydrogen-bond acceptors (Lipinski definition) is 4. The summed E-state index contributed by atoms with van der Waals surface area (Å²) < 4.78 is 5.52. The second-order valence-electron chi connectivity index (χ2n) is 6.02. The van der Waals surface area contributed by atoms with Crippen LogP contribution in [0.3, 0.4) is 0 Å². The van der Waals surface area contributed by atoms with E-state index in [1.54, 1.807) is 7.11 Å². The number of benzene rings is 2. The van der Waals surface area contributed by atoms with Crippen molar-refractivity contribution in [3.63, 3.8) is 0 Å². The van der Waals surface area contributed by atoms with Gasteiger partial charge in [-0.2, -0.15) is 0 Å². The zero-order chi connectivity index (χ0) is 18.1. The lowest BCUT2D eigenvalue weighted by Gasteiger charge is -2.25. The SMILES string of the molecule is COc1ccc(C2=CC(c3ccccc3)c3c([nH]c(=S)[nH]c3=O)N2)cc1. The number of anilines is 1. The number of ether oxygens (including phenoxy) is 1. The van der Waals surface area contributed by atoms with Gasteiger partial charge in [0.2, 0.25) is 0 Å². The van der Waals surface area contributed by atoms with Crippen LogP contribution in [0, 0.1) is 4.77 Å². The number of rotatable bonds is 3. The highest BCUT2D eigenvalue weighted by molar-refractivity contribution is 7.71. The van der Waals surface area contributed by atoms with Crippen LogP contribution in [-0.2, 0) is 0 Å². The Morgan fingerprint density at radius 1 is 1.00 bits per heavy atom. The third kappa shape index (κ3) is 2.95. The summed E-state index contributed by atoms with van der Waals surface area (Å²) in [6.45, 7) is 0. The minimum atomic E-state index is -0.185. The predicted molar refractivity (Wildman–Crippen MR) is 105 cm³/mol. The molecule has 0 bridgehead atoms. The van der Waals surface area contributed by atoms with Gasteiger partial charge in [0.05, 0.1) is 12.7 Å². The number of aromatic nitrogens is 2. The Hall–Kier alpha value is -3.12. The van der Waals surface area contributed by atoms with Crippen molar-refractivity contribution < 1.29 is 4.74 Å². The van der Waals surface area contributed by atoms with Crippen LogP contribution >= 0.6 is 12.2 Å². The van der Waals surface area contributed by atoms with Crippen molar-refractivity contribution in [2.45, 2.75) is 5.92 Å². The van der Waals surface area contributed by atoms with Crippen molar-refractivity contribution in [3.8, 4) is 5.75 Å². The molecule has 1 atom stereocenters. The summed E-state index contributed by atoms with van der Waals surface area (Å²) >= 11 is 5.14. The monoisotopic (exact) mass is 363 g/mol. The first kappa shape index (κ1) is 16.4. The zero-order valence-corrected chi connectivity index (χ0v) is 14.9. The van der Waals surface area contributed by atoms with Gasteiger partial charge >= 0.3 is 0 Å². The van der Waals surface area contributed by atoms with E-state index in [-0.39, 0.29) is 11.5 Å². The van der Waals surface area contributed by atoms with Gasteiger partial charge < -0.3 is 15.0 Å². The van der Waals surface area contributed by atoms with Crippen molar-refractivity contribution in [2.24, 2.45) is 0 Å². The lowest BCUT2D eigenvalue weighted by atomic mass is 9.88. The molecule has 0 saturated carbocycles. The fourth-order valence-electron chi connectivity index (χ4n) is 3.18. The molecule has 3 N–H and O–H groups in total. The van der Waals surface area contributed by atoms with E-state index in [4.69, 9.17) is 17.0 Å². The summed E-state index contributed by atoms with van der Waals surface area (Å²) in [6.07, 6.45) is 2.06. The van der Waals surface area contributed by atoms with Crippen LogP contribution in [0.1, 0.15) is 22.6 Å². The lowest BCUT2D eigenvalue weighted by Crippen LogP contribution is -2.24. The van der Waals surface area contributed by atoms with Crippen LogP contribution in [0.5, 0.6) is 5.75 Å². The van der Waals surface area contributed by atoms with E-state index in [9.17, 15) is 4.79 Å². The van der Waals surface area contributed by atoms with Crippen LogP contribution in [-0.4, -0.2) is 17.1 Å². The van der Waals surface area contributed by atoms with Crippen molar-refractivity contribution in [3.05, 3.63) is 92.5 Å². The zero-order valence-electron chi connectivity index (χ0n) is 14.1. The largest absolute Gasteiger partial charge is 0.497 e. The predicted octanol–water partition coefficient (Wildman–Crippen LogP) is 4.04. The maximum absolute atomic E-state index is 12.6. The summed E-state index contributed by atoms with van der Waals surface area (Å²) in [5, 5.41) is 3.31. The van der Waals surface area contributed by atoms with Gasteiger partial charge in [0.15, 0.2) is 4.77 Å². The average Bonchev–Trinajstić information content (AvgIpc) is 2.67. The molecule has 0 aliphatic carbocycles. The molecule has 1 aliphatic rings. The number of H-pyrrole nitrogens is 2. The molecule has 2 heterocycles. The third-order valence-corrected chi connectivity index (χ3v) is 4.65. The molecule has 0 radical (unpaired) electrons. The number of fused-ring (bicyclic) bond motifs is 1. The maximum Gasteiger partial charge on any atom is 0.257 e. The number of hydrogen-bond donors (Lipinski definition) is 3. The molecule has 1 aromatic heterocycles. The Morgan fingerprint density at radius 3 is 2.42 bits per heavy atom. The van der Waals surface area contributed by atoms with Gasteiger partial charge in [-0.1, -0.05) is 30.3 Å². The average molecular weight is 363 g/mol. The Bertz CT molecular complexity index is 1080. The fourth-order valence-corrected chi connectivity index (χ4v) is 3.37. The van der Waals surface area contributed by atoms with E-state index >= 15 is 0 Å². The summed E-state index contributed by atoms with van der Waals surface area (Å²) in [5.41, 5.74) is 3.39. The normalized spacial score (nSPS) is 15.6. The first-order chi connectivity index (χ1) is 12.7. The van der Waals surface area contributed by atoms with Crippen LogP contribution in [0.4, 0.5) is 5.82 Å². The number of allylic oxidation sites excluding steroid dienone is 1. The first-order valence-electron chi connectivity index (χ1n) is 8.20. The van der Waals surface area contributed by atoms with Crippen LogP contribution in [0.25, 0.3) is 5.70 Å². The molecule has 0 spiro atoms. The molecule has 3 aromatic rings. The Morgan fingerprint density at radius 2 is 1.73 bits per heavy atom. The standard InChI is InChI=1S/C20H17N3O2S/c1-25-14-9-7-13(8-10-14)16-11-15(12-5-3-2-4-6-12)17-18(21-16)22-20(26)23-19(17)24/h2-11,15H,1H3,(H3,21,22,23,24,26). The first-order valence-corrected chi connectivity index (χ1v) is 8.61. The van der Waals surface area contributed by atoms with Gasteiger partial charge in [-0.3, -0.25) is 9.78 Å². The molecule has 6 heteroatoms. The van der Waals surface area contributed by atoms with Gasteiger partial charge in [0.25, 0.3) is 5.56 Å². The van der Waals surface area contributed by atoms with Crippen molar-refractivity contribution >= 4 is 23.7 Å². The van der Waals surface area contributed by atoms with E-state index in [1.165, 1.54) is 0 Å². The van der Waals surface area contributed by atoms with Gasteiger partial charge in [0.1, 0.15) is 11.6 Å². The Kier molecular flexibility index (Phi) is 4.18. The molecule has 4 rings (SSSR count). The molecular weight excluding hydrogens is 346 g/mol. The van der Waals surface area contributed by atoms with E-state index < -0.39 is 0 Å². The maximum atomic E-state index is 12.6. The van der Waals surface area contributed by atoms with Gasteiger partial charge in [-0.25, -0.2) is 0 Å². The molecule has 26 heavy (non-hydrogen) atoms. The summed E-state index contributed by atoms with van der Waals surface area (Å²) in [7, 11) is 1.64. The molecule has 5 nitrogen and oxygen atoms in total. The number of nitrogens with one attached hydrogen (secondary N) is 3. The van der Waals surface area contributed by atoms with Crippen molar-refractivity contribution in [2.75, 3.05) is 12.4 Å². The summed E-state index contributed by atoms with van der Waals surface area (Å²) in [4.78, 5) is 18.3. The quantitative estimate of drug-likeness (QED) is 0.614. The molecular formula is C20H17N3O2S. The number of aromatic amines is 2. The van der Waals surface area contributed by atoms with E-state index in [0.29, 0.717) is 16.2 Å². The number of methoxy groups -OCH3 is 1. The van der Waals surface area contributed by atoms with Gasteiger partial charge in [-0.05, 0) is 53.7 Å². The molecule has 130 valence electrons. The van der Waals surface area contributed by atoms with E-state index in [1.807, 2.05) is 54.6 Å². The van der Waals surface area contributed by atoms with Gasteiger partial charge in [-0.15, -0.1) is 0 Å². The van der Waals surface area contributed by atoms with E-state index in [0.717, 1.165) is 22.6 Å². The van der Waals surface area contributed by atoms with Crippen LogP contribution in [0.2, 0.25) is 0 Å². The fraction of sp³-hybridized carbons (Fsp3) is 0.100. The third-order valence-electron chi connectivity index (χ3n) is 4.44. The summed E-state index contributed by atoms with van der Waals surface area (Å²) in [6, 6.07) is 17.7. The van der Waals surface area contributed by atoms with Crippen molar-refractivity contribution in [1.29, 1.82) is 0 Å². The second-order valence-corrected chi connectivity index (χ2v) is 6.43. The smallest absolute Gasteiger partial charge is 0.257 e.